The molecule has 0 unspecified atom stereocenters. The molecule has 0 fully saturated rings. The maximum Gasteiger partial charge on any atom is 0.409 e. The van der Waals surface area contributed by atoms with E-state index in [1.54, 1.807) is 37.3 Å². The number of H-pyrrole nitrogens is 1. The molecule has 2 aromatic carbocycles. The third kappa shape index (κ3) is 4.33. The number of aromatic nitrogens is 2. The SMILES string of the molecule is COc1ccc(CSc2cc(-c3cn[nH]c3)ccc2NC(=O)O)cc1. The fraction of sp³-hybridized carbons (Fsp3) is 0.111. The maximum atomic E-state index is 11.0. The van der Waals surface area contributed by atoms with Gasteiger partial charge >= 0.3 is 6.09 Å². The summed E-state index contributed by atoms with van der Waals surface area (Å²) in [5.41, 5.74) is 3.62. The standard InChI is InChI=1S/C18H17N3O3S/c1-24-15-5-2-12(3-6-15)11-25-17-8-13(14-9-19-20-10-14)4-7-16(17)21-18(22)23/h2-10,21H,11H2,1H3,(H,19,20)(H,22,23). The van der Waals surface area contributed by atoms with Gasteiger partial charge in [0.05, 0.1) is 19.0 Å². The first-order valence-electron chi connectivity index (χ1n) is 7.54. The van der Waals surface area contributed by atoms with Gasteiger partial charge in [0.1, 0.15) is 5.75 Å². The molecule has 0 radical (unpaired) electrons. The minimum atomic E-state index is -1.08. The van der Waals surface area contributed by atoms with Crippen molar-refractivity contribution in [3.8, 4) is 16.9 Å². The van der Waals surface area contributed by atoms with Crippen LogP contribution in [0.1, 0.15) is 5.56 Å². The Kier molecular flexibility index (Phi) is 5.25. The number of methoxy groups -OCH3 is 1. The Morgan fingerprint density at radius 1 is 1.24 bits per heavy atom. The predicted octanol–water partition coefficient (Wildman–Crippen LogP) is 4.47. The lowest BCUT2D eigenvalue weighted by Crippen LogP contribution is -2.08. The van der Waals surface area contributed by atoms with Gasteiger partial charge in [-0.25, -0.2) is 4.79 Å². The highest BCUT2D eigenvalue weighted by Crippen LogP contribution is 2.34. The molecular formula is C18H17N3O3S. The molecule has 7 heteroatoms. The molecule has 6 nitrogen and oxygen atoms in total. The first-order chi connectivity index (χ1) is 12.2. The van der Waals surface area contributed by atoms with Crippen LogP contribution in [0.2, 0.25) is 0 Å². The number of ether oxygens (including phenoxy) is 1. The second kappa shape index (κ2) is 7.76. The normalized spacial score (nSPS) is 10.4. The molecule has 25 heavy (non-hydrogen) atoms. The summed E-state index contributed by atoms with van der Waals surface area (Å²) in [6.45, 7) is 0. The number of hydrogen-bond acceptors (Lipinski definition) is 4. The summed E-state index contributed by atoms with van der Waals surface area (Å²) >= 11 is 1.57. The molecule has 0 saturated heterocycles. The zero-order valence-corrected chi connectivity index (χ0v) is 14.3. The third-order valence-corrected chi connectivity index (χ3v) is 4.73. The van der Waals surface area contributed by atoms with E-state index in [2.05, 4.69) is 15.5 Å². The van der Waals surface area contributed by atoms with E-state index in [-0.39, 0.29) is 0 Å². The molecule has 0 spiro atoms. The molecule has 0 aliphatic carbocycles. The van der Waals surface area contributed by atoms with Crippen molar-refractivity contribution in [2.24, 2.45) is 0 Å². The van der Waals surface area contributed by atoms with Crippen LogP contribution in [-0.4, -0.2) is 28.5 Å². The summed E-state index contributed by atoms with van der Waals surface area (Å²) in [7, 11) is 1.63. The van der Waals surface area contributed by atoms with E-state index < -0.39 is 6.09 Å². The van der Waals surface area contributed by atoms with Crippen LogP contribution < -0.4 is 10.1 Å². The van der Waals surface area contributed by atoms with Crippen LogP contribution in [0, 0.1) is 0 Å². The Morgan fingerprint density at radius 2 is 2.04 bits per heavy atom. The quantitative estimate of drug-likeness (QED) is 0.568. The van der Waals surface area contributed by atoms with Gasteiger partial charge in [-0.3, -0.25) is 10.4 Å². The molecule has 3 rings (SSSR count). The van der Waals surface area contributed by atoms with Crippen LogP contribution in [-0.2, 0) is 5.75 Å². The van der Waals surface area contributed by atoms with Gasteiger partial charge in [0.2, 0.25) is 0 Å². The average molecular weight is 355 g/mol. The number of carbonyl (C=O) groups is 1. The van der Waals surface area contributed by atoms with Crippen molar-refractivity contribution in [2.45, 2.75) is 10.6 Å². The first kappa shape index (κ1) is 16.9. The van der Waals surface area contributed by atoms with Crippen LogP contribution in [0.15, 0.2) is 59.8 Å². The summed E-state index contributed by atoms with van der Waals surface area (Å²) in [5.74, 6) is 1.52. The maximum absolute atomic E-state index is 11.0. The van der Waals surface area contributed by atoms with Crippen LogP contribution in [0.4, 0.5) is 10.5 Å². The third-order valence-electron chi connectivity index (χ3n) is 3.61. The number of hydrogen-bond donors (Lipinski definition) is 3. The van der Waals surface area contributed by atoms with Gasteiger partial charge < -0.3 is 9.84 Å². The summed E-state index contributed by atoms with van der Waals surface area (Å²) in [6, 6.07) is 13.4. The number of amides is 1. The monoisotopic (exact) mass is 355 g/mol. The lowest BCUT2D eigenvalue weighted by Gasteiger charge is -2.11. The fourth-order valence-corrected chi connectivity index (χ4v) is 3.33. The highest BCUT2D eigenvalue weighted by molar-refractivity contribution is 7.98. The Labute approximate surface area is 149 Å². The lowest BCUT2D eigenvalue weighted by molar-refractivity contribution is 0.209. The zero-order chi connectivity index (χ0) is 17.6. The number of rotatable bonds is 6. The summed E-state index contributed by atoms with van der Waals surface area (Å²) in [4.78, 5) is 11.9. The van der Waals surface area contributed by atoms with E-state index >= 15 is 0 Å². The Morgan fingerprint density at radius 3 is 2.68 bits per heavy atom. The van der Waals surface area contributed by atoms with Gasteiger partial charge in [-0.05, 0) is 35.4 Å². The van der Waals surface area contributed by atoms with E-state index in [0.717, 1.165) is 27.3 Å². The van der Waals surface area contributed by atoms with Crippen LogP contribution in [0.3, 0.4) is 0 Å². The van der Waals surface area contributed by atoms with E-state index in [4.69, 9.17) is 9.84 Å². The smallest absolute Gasteiger partial charge is 0.409 e. The fourth-order valence-electron chi connectivity index (χ4n) is 2.33. The minimum absolute atomic E-state index is 0.568. The van der Waals surface area contributed by atoms with E-state index in [0.29, 0.717) is 11.4 Å². The molecule has 0 atom stereocenters. The van der Waals surface area contributed by atoms with Crippen LogP contribution in [0.25, 0.3) is 11.1 Å². The highest BCUT2D eigenvalue weighted by Gasteiger charge is 2.10. The second-order valence-corrected chi connectivity index (χ2v) is 6.28. The van der Waals surface area contributed by atoms with Crippen molar-refractivity contribution in [3.63, 3.8) is 0 Å². The topological polar surface area (TPSA) is 87.2 Å². The number of anilines is 1. The molecular weight excluding hydrogens is 338 g/mol. The summed E-state index contributed by atoms with van der Waals surface area (Å²) in [5, 5.41) is 18.2. The van der Waals surface area contributed by atoms with Crippen molar-refractivity contribution < 1.29 is 14.6 Å². The molecule has 3 aromatic rings. The summed E-state index contributed by atoms with van der Waals surface area (Å²) < 4.78 is 5.16. The lowest BCUT2D eigenvalue weighted by atomic mass is 10.1. The van der Waals surface area contributed by atoms with Gasteiger partial charge in [0, 0.05) is 22.4 Å². The Bertz CT molecular complexity index is 849. The molecule has 0 aliphatic heterocycles. The van der Waals surface area contributed by atoms with Crippen molar-refractivity contribution in [3.05, 3.63) is 60.4 Å². The number of nitrogens with one attached hydrogen (secondary N) is 2. The van der Waals surface area contributed by atoms with Crippen molar-refractivity contribution >= 4 is 23.5 Å². The molecule has 128 valence electrons. The average Bonchev–Trinajstić information content (AvgIpc) is 3.15. The Hall–Kier alpha value is -2.93. The van der Waals surface area contributed by atoms with Gasteiger partial charge in [-0.15, -0.1) is 11.8 Å². The first-order valence-corrected chi connectivity index (χ1v) is 8.53. The minimum Gasteiger partial charge on any atom is -0.497 e. The highest BCUT2D eigenvalue weighted by atomic mass is 32.2. The molecule has 0 aliphatic rings. The molecule has 0 bridgehead atoms. The van der Waals surface area contributed by atoms with Gasteiger partial charge in [-0.1, -0.05) is 18.2 Å². The van der Waals surface area contributed by atoms with Gasteiger partial charge in [0.25, 0.3) is 0 Å². The van der Waals surface area contributed by atoms with E-state index in [9.17, 15) is 4.79 Å². The van der Waals surface area contributed by atoms with Gasteiger partial charge in [0.15, 0.2) is 0 Å². The number of carboxylic acid groups (broad SMARTS) is 1. The summed E-state index contributed by atoms with van der Waals surface area (Å²) in [6.07, 6.45) is 2.46. The molecule has 0 saturated carbocycles. The Balaban J connectivity index is 1.83. The van der Waals surface area contributed by atoms with Gasteiger partial charge in [-0.2, -0.15) is 5.10 Å². The second-order valence-electron chi connectivity index (χ2n) is 5.26. The largest absolute Gasteiger partial charge is 0.497 e. The van der Waals surface area contributed by atoms with Crippen molar-refractivity contribution in [1.29, 1.82) is 0 Å². The molecule has 1 aromatic heterocycles. The van der Waals surface area contributed by atoms with Crippen molar-refractivity contribution in [2.75, 3.05) is 12.4 Å². The van der Waals surface area contributed by atoms with E-state index in [1.807, 2.05) is 36.4 Å². The molecule has 1 amide bonds. The zero-order valence-electron chi connectivity index (χ0n) is 13.5. The molecule has 1 heterocycles. The predicted molar refractivity (Wildman–Crippen MR) is 98.2 cm³/mol. The van der Waals surface area contributed by atoms with Crippen LogP contribution in [0.5, 0.6) is 5.75 Å². The number of benzene rings is 2. The van der Waals surface area contributed by atoms with Crippen LogP contribution >= 0.6 is 11.8 Å². The molecule has 3 N–H and O–H groups in total. The number of aromatic amines is 1. The number of nitrogens with zero attached hydrogens (tertiary/aromatic N) is 1. The number of thioether (sulfide) groups is 1. The van der Waals surface area contributed by atoms with E-state index in [1.165, 1.54) is 0 Å². The van der Waals surface area contributed by atoms with Crippen molar-refractivity contribution in [1.82, 2.24) is 10.2 Å².